The van der Waals surface area contributed by atoms with Gasteiger partial charge in [-0.15, -0.1) is 11.3 Å². The minimum absolute atomic E-state index is 0.159. The highest BCUT2D eigenvalue weighted by molar-refractivity contribution is 7.13. The molecule has 1 aliphatic heterocycles. The van der Waals surface area contributed by atoms with Crippen LogP contribution in [0.5, 0.6) is 0 Å². The number of rotatable bonds is 3. The van der Waals surface area contributed by atoms with Crippen LogP contribution in [0.15, 0.2) is 28.1 Å². The summed E-state index contributed by atoms with van der Waals surface area (Å²) < 4.78 is 5.18. The minimum atomic E-state index is -0.968. The van der Waals surface area contributed by atoms with Gasteiger partial charge < -0.3 is 14.5 Å². The largest absolute Gasteiger partial charge is 0.480 e. The zero-order chi connectivity index (χ0) is 14.8. The maximum absolute atomic E-state index is 12.4. The van der Waals surface area contributed by atoms with E-state index in [1.807, 2.05) is 17.5 Å². The summed E-state index contributed by atoms with van der Waals surface area (Å²) in [6.45, 7) is 0.441. The topological polar surface area (TPSA) is 83.6 Å². The molecule has 21 heavy (non-hydrogen) atoms. The van der Waals surface area contributed by atoms with Crippen molar-refractivity contribution in [3.8, 4) is 10.6 Å². The van der Waals surface area contributed by atoms with E-state index < -0.39 is 12.0 Å². The van der Waals surface area contributed by atoms with E-state index in [-0.39, 0.29) is 11.6 Å². The summed E-state index contributed by atoms with van der Waals surface area (Å²) in [6, 6.07) is 4.56. The molecule has 1 atom stereocenters. The minimum Gasteiger partial charge on any atom is -0.480 e. The molecule has 1 N–H and O–H groups in total. The Bertz CT molecular complexity index is 650. The van der Waals surface area contributed by atoms with Crippen LogP contribution in [0.2, 0.25) is 0 Å². The van der Waals surface area contributed by atoms with Crippen LogP contribution >= 0.6 is 11.3 Å². The quantitative estimate of drug-likeness (QED) is 0.941. The van der Waals surface area contributed by atoms with Crippen molar-refractivity contribution >= 4 is 23.2 Å². The monoisotopic (exact) mass is 306 g/mol. The SMILES string of the molecule is O=C(O)C1CCCCN1C(=O)c1cc(-c2cccs2)on1. The second-order valence-electron chi connectivity index (χ2n) is 4.90. The Morgan fingerprint density at radius 2 is 2.29 bits per heavy atom. The number of carbonyl (C=O) groups excluding carboxylic acids is 1. The molecule has 3 rings (SSSR count). The molecule has 2 aromatic rings. The van der Waals surface area contributed by atoms with Crippen molar-refractivity contribution in [2.45, 2.75) is 25.3 Å². The van der Waals surface area contributed by atoms with E-state index in [0.717, 1.165) is 17.7 Å². The van der Waals surface area contributed by atoms with Crippen molar-refractivity contribution in [2.75, 3.05) is 6.54 Å². The average Bonchev–Trinajstić information content (AvgIpc) is 3.17. The lowest BCUT2D eigenvalue weighted by Gasteiger charge is -2.32. The Morgan fingerprint density at radius 1 is 1.43 bits per heavy atom. The van der Waals surface area contributed by atoms with Crippen molar-refractivity contribution in [2.24, 2.45) is 0 Å². The maximum atomic E-state index is 12.4. The molecule has 7 heteroatoms. The smallest absolute Gasteiger partial charge is 0.326 e. The molecular weight excluding hydrogens is 292 g/mol. The molecule has 0 radical (unpaired) electrons. The number of piperidine rings is 1. The summed E-state index contributed by atoms with van der Waals surface area (Å²) in [5.41, 5.74) is 0.159. The average molecular weight is 306 g/mol. The fourth-order valence-electron chi connectivity index (χ4n) is 2.49. The summed E-state index contributed by atoms with van der Waals surface area (Å²) >= 11 is 1.49. The van der Waals surface area contributed by atoms with Crippen LogP contribution in [0.25, 0.3) is 10.6 Å². The van der Waals surface area contributed by atoms with Gasteiger partial charge in [-0.1, -0.05) is 11.2 Å². The third-order valence-corrected chi connectivity index (χ3v) is 4.43. The summed E-state index contributed by atoms with van der Waals surface area (Å²) in [4.78, 5) is 26.0. The first-order valence-corrected chi connectivity index (χ1v) is 7.59. The van der Waals surface area contributed by atoms with Crippen LogP contribution in [-0.2, 0) is 4.79 Å². The molecule has 2 aromatic heterocycles. The van der Waals surface area contributed by atoms with E-state index in [0.29, 0.717) is 18.7 Å². The summed E-state index contributed by atoms with van der Waals surface area (Å²) in [5, 5.41) is 14.9. The van der Waals surface area contributed by atoms with Crippen molar-refractivity contribution in [1.82, 2.24) is 10.1 Å². The van der Waals surface area contributed by atoms with Gasteiger partial charge in [-0.05, 0) is 30.7 Å². The van der Waals surface area contributed by atoms with Crippen molar-refractivity contribution in [3.63, 3.8) is 0 Å². The molecule has 0 spiro atoms. The van der Waals surface area contributed by atoms with Crippen LogP contribution in [0.3, 0.4) is 0 Å². The number of aromatic nitrogens is 1. The van der Waals surface area contributed by atoms with Gasteiger partial charge in [-0.2, -0.15) is 0 Å². The van der Waals surface area contributed by atoms with Gasteiger partial charge in [0.05, 0.1) is 4.88 Å². The Labute approximate surface area is 125 Å². The molecule has 1 saturated heterocycles. The second kappa shape index (κ2) is 5.69. The van der Waals surface area contributed by atoms with Gasteiger partial charge >= 0.3 is 5.97 Å². The number of hydrogen-bond acceptors (Lipinski definition) is 5. The van der Waals surface area contributed by atoms with Gasteiger partial charge in [0.2, 0.25) is 0 Å². The van der Waals surface area contributed by atoms with E-state index in [9.17, 15) is 14.7 Å². The molecular formula is C14H14N2O4S. The van der Waals surface area contributed by atoms with Gasteiger partial charge in [0.15, 0.2) is 11.5 Å². The van der Waals surface area contributed by atoms with Gasteiger partial charge in [-0.25, -0.2) is 4.79 Å². The van der Waals surface area contributed by atoms with Crippen LogP contribution in [0.4, 0.5) is 0 Å². The molecule has 110 valence electrons. The summed E-state index contributed by atoms with van der Waals surface area (Å²) in [6.07, 6.45) is 2.11. The second-order valence-corrected chi connectivity index (χ2v) is 5.85. The molecule has 3 heterocycles. The van der Waals surface area contributed by atoms with Crippen LogP contribution in [-0.4, -0.2) is 39.6 Å². The van der Waals surface area contributed by atoms with Crippen LogP contribution in [0.1, 0.15) is 29.8 Å². The highest BCUT2D eigenvalue weighted by Crippen LogP contribution is 2.26. The molecule has 0 bridgehead atoms. The fraction of sp³-hybridized carbons (Fsp3) is 0.357. The Morgan fingerprint density at radius 3 is 3.00 bits per heavy atom. The lowest BCUT2D eigenvalue weighted by molar-refractivity contribution is -0.143. The van der Waals surface area contributed by atoms with E-state index in [1.165, 1.54) is 16.2 Å². The Kier molecular flexibility index (Phi) is 3.74. The van der Waals surface area contributed by atoms with Crippen molar-refractivity contribution < 1.29 is 19.2 Å². The third-order valence-electron chi connectivity index (χ3n) is 3.54. The van der Waals surface area contributed by atoms with E-state index in [2.05, 4.69) is 5.16 Å². The first-order chi connectivity index (χ1) is 10.2. The number of carboxylic acids is 1. The Hall–Kier alpha value is -2.15. The van der Waals surface area contributed by atoms with Gasteiger partial charge in [-0.3, -0.25) is 4.79 Å². The molecule has 0 aromatic carbocycles. The van der Waals surface area contributed by atoms with Crippen LogP contribution in [0, 0.1) is 0 Å². The summed E-state index contributed by atoms with van der Waals surface area (Å²) in [7, 11) is 0. The Balaban J connectivity index is 1.83. The van der Waals surface area contributed by atoms with E-state index in [1.54, 1.807) is 6.07 Å². The third kappa shape index (κ3) is 2.69. The van der Waals surface area contributed by atoms with E-state index >= 15 is 0 Å². The molecule has 1 unspecified atom stereocenters. The number of nitrogens with zero attached hydrogens (tertiary/aromatic N) is 2. The lowest BCUT2D eigenvalue weighted by Crippen LogP contribution is -2.48. The predicted molar refractivity (Wildman–Crippen MR) is 76.1 cm³/mol. The first-order valence-electron chi connectivity index (χ1n) is 6.71. The summed E-state index contributed by atoms with van der Waals surface area (Å²) in [5.74, 6) is -0.823. The maximum Gasteiger partial charge on any atom is 0.326 e. The lowest BCUT2D eigenvalue weighted by atomic mass is 10.0. The van der Waals surface area contributed by atoms with Gasteiger partial charge in [0.1, 0.15) is 6.04 Å². The molecule has 6 nitrogen and oxygen atoms in total. The fourth-order valence-corrected chi connectivity index (χ4v) is 3.16. The zero-order valence-electron chi connectivity index (χ0n) is 11.2. The first kappa shape index (κ1) is 13.8. The number of hydrogen-bond donors (Lipinski definition) is 1. The van der Waals surface area contributed by atoms with E-state index in [4.69, 9.17) is 4.52 Å². The molecule has 1 fully saturated rings. The van der Waals surface area contributed by atoms with Crippen molar-refractivity contribution in [1.29, 1.82) is 0 Å². The predicted octanol–water partition coefficient (Wildman–Crippen LogP) is 2.48. The normalized spacial score (nSPS) is 18.7. The van der Waals surface area contributed by atoms with Crippen LogP contribution < -0.4 is 0 Å². The number of carboxylic acid groups (broad SMARTS) is 1. The molecule has 0 aliphatic carbocycles. The van der Waals surface area contributed by atoms with Gasteiger partial charge in [0, 0.05) is 12.6 Å². The number of amides is 1. The number of aliphatic carboxylic acids is 1. The number of likely N-dealkylation sites (tertiary alicyclic amines) is 1. The highest BCUT2D eigenvalue weighted by Gasteiger charge is 2.33. The molecule has 0 saturated carbocycles. The van der Waals surface area contributed by atoms with Gasteiger partial charge in [0.25, 0.3) is 5.91 Å². The molecule has 1 aliphatic rings. The zero-order valence-corrected chi connectivity index (χ0v) is 12.0. The molecule has 1 amide bonds. The number of thiophene rings is 1. The standard InChI is InChI=1S/C14H14N2O4S/c17-13(16-6-2-1-4-10(16)14(18)19)9-8-11(20-15-9)12-5-3-7-21-12/h3,5,7-8,10H,1-2,4,6H2,(H,18,19). The highest BCUT2D eigenvalue weighted by atomic mass is 32.1. The van der Waals surface area contributed by atoms with Crippen molar-refractivity contribution in [3.05, 3.63) is 29.3 Å². The number of carbonyl (C=O) groups is 2.